The van der Waals surface area contributed by atoms with Crippen LogP contribution in [0.3, 0.4) is 0 Å². The number of carbonyl (C=O) groups excluding carboxylic acids is 1. The number of benzene rings is 1. The minimum atomic E-state index is -1.09. The third-order valence-electron chi connectivity index (χ3n) is 1.49. The van der Waals surface area contributed by atoms with Gasteiger partial charge < -0.3 is 5.11 Å². The summed E-state index contributed by atoms with van der Waals surface area (Å²) >= 11 is 2.01. The fraction of sp³-hybridized carbons (Fsp3) is 0.111. The molecule has 0 aromatic heterocycles. The summed E-state index contributed by atoms with van der Waals surface area (Å²) in [6.45, 7) is 0. The zero-order chi connectivity index (χ0) is 9.84. The highest BCUT2D eigenvalue weighted by molar-refractivity contribution is 14.1. The first kappa shape index (κ1) is 10.2. The van der Waals surface area contributed by atoms with Gasteiger partial charge in [0.1, 0.15) is 6.42 Å². The molecule has 0 saturated carbocycles. The molecule has 0 aliphatic rings. The summed E-state index contributed by atoms with van der Waals surface area (Å²) in [5, 5.41) is 8.41. The van der Waals surface area contributed by atoms with Crippen LogP contribution in [0.4, 0.5) is 0 Å². The molecule has 0 unspecified atom stereocenters. The molecule has 0 fully saturated rings. The number of Topliss-reactive ketones (excluding diaryl/α,β-unsaturated/α-hetero) is 1. The van der Waals surface area contributed by atoms with Crippen molar-refractivity contribution in [1.82, 2.24) is 0 Å². The summed E-state index contributed by atoms with van der Waals surface area (Å²) in [7, 11) is 0. The van der Waals surface area contributed by atoms with Crippen molar-refractivity contribution in [2.24, 2.45) is 0 Å². The second-order valence-electron chi connectivity index (χ2n) is 2.47. The van der Waals surface area contributed by atoms with Gasteiger partial charge in [-0.1, -0.05) is 18.2 Å². The number of ketones is 1. The summed E-state index contributed by atoms with van der Waals surface area (Å²) in [5.41, 5.74) is 0.477. The zero-order valence-corrected chi connectivity index (χ0v) is 8.82. The zero-order valence-electron chi connectivity index (χ0n) is 6.66. The first-order chi connectivity index (χ1) is 6.11. The molecule has 1 N–H and O–H groups in total. The molecule has 4 heteroatoms. The van der Waals surface area contributed by atoms with Crippen LogP contribution in [0, 0.1) is 3.57 Å². The number of aliphatic carboxylic acids is 1. The van der Waals surface area contributed by atoms with E-state index in [1.54, 1.807) is 24.3 Å². The van der Waals surface area contributed by atoms with Gasteiger partial charge in [0.15, 0.2) is 5.78 Å². The van der Waals surface area contributed by atoms with Crippen LogP contribution < -0.4 is 0 Å². The summed E-state index contributed by atoms with van der Waals surface area (Å²) in [4.78, 5) is 21.6. The van der Waals surface area contributed by atoms with Crippen LogP contribution in [-0.4, -0.2) is 16.9 Å². The fourth-order valence-electron chi connectivity index (χ4n) is 0.920. The van der Waals surface area contributed by atoms with Gasteiger partial charge in [-0.25, -0.2) is 0 Å². The van der Waals surface area contributed by atoms with E-state index >= 15 is 0 Å². The van der Waals surface area contributed by atoms with Crippen molar-refractivity contribution >= 4 is 34.3 Å². The van der Waals surface area contributed by atoms with Gasteiger partial charge in [0.25, 0.3) is 0 Å². The second-order valence-corrected chi connectivity index (χ2v) is 3.64. The SMILES string of the molecule is O=C(O)CC(=O)c1ccccc1I. The minimum Gasteiger partial charge on any atom is -0.481 e. The standard InChI is InChI=1S/C9H7IO3/c10-7-4-2-1-3-6(7)8(11)5-9(12)13/h1-4H,5H2,(H,12,13). The molecule has 1 rings (SSSR count). The van der Waals surface area contributed by atoms with Gasteiger partial charge in [-0.2, -0.15) is 0 Å². The Bertz CT molecular complexity index is 346. The van der Waals surface area contributed by atoms with E-state index in [1.165, 1.54) is 0 Å². The lowest BCUT2D eigenvalue weighted by Gasteiger charge is -1.99. The largest absolute Gasteiger partial charge is 0.481 e. The van der Waals surface area contributed by atoms with Gasteiger partial charge in [0, 0.05) is 9.13 Å². The summed E-state index contributed by atoms with van der Waals surface area (Å²) in [6.07, 6.45) is -0.444. The van der Waals surface area contributed by atoms with Gasteiger partial charge >= 0.3 is 5.97 Å². The van der Waals surface area contributed by atoms with Crippen molar-refractivity contribution in [3.8, 4) is 0 Å². The minimum absolute atomic E-state index is 0.350. The van der Waals surface area contributed by atoms with Crippen molar-refractivity contribution in [1.29, 1.82) is 0 Å². The molecular weight excluding hydrogens is 283 g/mol. The van der Waals surface area contributed by atoms with E-state index in [-0.39, 0.29) is 5.78 Å². The maximum Gasteiger partial charge on any atom is 0.311 e. The molecule has 68 valence electrons. The number of carboxylic acids is 1. The average molecular weight is 290 g/mol. The lowest BCUT2D eigenvalue weighted by Crippen LogP contribution is -2.08. The summed E-state index contributed by atoms with van der Waals surface area (Å²) < 4.78 is 0.784. The van der Waals surface area contributed by atoms with E-state index in [4.69, 9.17) is 5.11 Å². The number of rotatable bonds is 3. The molecular formula is C9H7IO3. The van der Waals surface area contributed by atoms with Gasteiger partial charge in [0.05, 0.1) is 0 Å². The van der Waals surface area contributed by atoms with Crippen LogP contribution in [0.5, 0.6) is 0 Å². The normalized spacial score (nSPS) is 9.62. The molecule has 0 aliphatic carbocycles. The van der Waals surface area contributed by atoms with E-state index in [0.29, 0.717) is 5.56 Å². The Kier molecular flexibility index (Phi) is 3.41. The quantitative estimate of drug-likeness (QED) is 0.526. The third kappa shape index (κ3) is 2.80. The van der Waals surface area contributed by atoms with Crippen molar-refractivity contribution in [3.05, 3.63) is 33.4 Å². The van der Waals surface area contributed by atoms with Crippen LogP contribution in [0.1, 0.15) is 16.8 Å². The summed E-state index contributed by atoms with van der Waals surface area (Å²) in [5.74, 6) is -1.44. The Morgan fingerprint density at radius 1 is 1.31 bits per heavy atom. The van der Waals surface area contributed by atoms with Crippen LogP contribution in [0.15, 0.2) is 24.3 Å². The van der Waals surface area contributed by atoms with Gasteiger partial charge in [0.2, 0.25) is 0 Å². The smallest absolute Gasteiger partial charge is 0.311 e. The number of halogens is 1. The third-order valence-corrected chi connectivity index (χ3v) is 2.43. The Hall–Kier alpha value is -0.910. The van der Waals surface area contributed by atoms with Crippen LogP contribution in [0.25, 0.3) is 0 Å². The molecule has 3 nitrogen and oxygen atoms in total. The second kappa shape index (κ2) is 4.36. The van der Waals surface area contributed by atoms with Gasteiger partial charge in [-0.3, -0.25) is 9.59 Å². The molecule has 1 aromatic carbocycles. The van der Waals surface area contributed by atoms with Gasteiger partial charge in [-0.15, -0.1) is 0 Å². The fourth-order valence-corrected chi connectivity index (χ4v) is 1.61. The number of hydrogen-bond acceptors (Lipinski definition) is 2. The molecule has 0 saturated heterocycles. The predicted molar refractivity (Wildman–Crippen MR) is 55.7 cm³/mol. The lowest BCUT2D eigenvalue weighted by atomic mass is 10.1. The van der Waals surface area contributed by atoms with Crippen LogP contribution in [-0.2, 0) is 4.79 Å². The maximum absolute atomic E-state index is 11.3. The molecule has 0 aliphatic heterocycles. The average Bonchev–Trinajstić information content (AvgIpc) is 2.03. The molecule has 1 aromatic rings. The van der Waals surface area contributed by atoms with E-state index in [1.807, 2.05) is 22.6 Å². The molecule has 0 amide bonds. The molecule has 0 heterocycles. The van der Waals surface area contributed by atoms with E-state index in [0.717, 1.165) is 3.57 Å². The highest BCUT2D eigenvalue weighted by Crippen LogP contribution is 2.13. The van der Waals surface area contributed by atoms with Crippen molar-refractivity contribution in [2.75, 3.05) is 0 Å². The maximum atomic E-state index is 11.3. The predicted octanol–water partition coefficient (Wildman–Crippen LogP) is 1.95. The van der Waals surface area contributed by atoms with E-state index in [2.05, 4.69) is 0 Å². The number of hydrogen-bond donors (Lipinski definition) is 1. The van der Waals surface area contributed by atoms with Crippen LogP contribution in [0.2, 0.25) is 0 Å². The number of carboxylic acid groups (broad SMARTS) is 1. The molecule has 13 heavy (non-hydrogen) atoms. The topological polar surface area (TPSA) is 54.4 Å². The van der Waals surface area contributed by atoms with E-state index < -0.39 is 12.4 Å². The molecule has 0 atom stereocenters. The molecule has 0 radical (unpaired) electrons. The van der Waals surface area contributed by atoms with Crippen molar-refractivity contribution < 1.29 is 14.7 Å². The van der Waals surface area contributed by atoms with Crippen LogP contribution >= 0.6 is 22.6 Å². The molecule has 0 bridgehead atoms. The Balaban J connectivity index is 2.89. The van der Waals surface area contributed by atoms with Crippen molar-refractivity contribution in [3.63, 3.8) is 0 Å². The molecule has 0 spiro atoms. The number of carbonyl (C=O) groups is 2. The lowest BCUT2D eigenvalue weighted by molar-refractivity contribution is -0.135. The highest BCUT2D eigenvalue weighted by atomic mass is 127. The first-order valence-electron chi connectivity index (χ1n) is 3.61. The van der Waals surface area contributed by atoms with E-state index in [9.17, 15) is 9.59 Å². The summed E-state index contributed by atoms with van der Waals surface area (Å²) in [6, 6.07) is 6.93. The Morgan fingerprint density at radius 3 is 2.46 bits per heavy atom. The first-order valence-corrected chi connectivity index (χ1v) is 4.68. The Morgan fingerprint density at radius 2 is 1.92 bits per heavy atom. The monoisotopic (exact) mass is 290 g/mol. The highest BCUT2D eigenvalue weighted by Gasteiger charge is 2.12. The Labute approximate surface area is 88.9 Å². The van der Waals surface area contributed by atoms with Crippen molar-refractivity contribution in [2.45, 2.75) is 6.42 Å². The van der Waals surface area contributed by atoms with Gasteiger partial charge in [-0.05, 0) is 28.7 Å².